The zero-order valence-corrected chi connectivity index (χ0v) is 50.1. The van der Waals surface area contributed by atoms with Gasteiger partial charge in [-0.05, 0) is 57.8 Å². The molecular formula is C66H123NO10. The first-order valence-corrected chi connectivity index (χ1v) is 32.8. The molecule has 1 aliphatic heterocycles. The Bertz CT molecular complexity index is 1390. The summed E-state index contributed by atoms with van der Waals surface area (Å²) in [5.74, 6) is -1.19. The lowest BCUT2D eigenvalue weighted by molar-refractivity contribution is -0.305. The Balaban J connectivity index is 2.66. The topological polar surface area (TPSA) is 175 Å². The summed E-state index contributed by atoms with van der Waals surface area (Å²) in [6, 6.07) is -1.02. The quantitative estimate of drug-likeness (QED) is 0.0195. The van der Waals surface area contributed by atoms with Crippen molar-refractivity contribution in [2.45, 2.75) is 359 Å². The van der Waals surface area contributed by atoms with Crippen LogP contribution in [0.2, 0.25) is 0 Å². The molecule has 0 saturated carbocycles. The highest BCUT2D eigenvalue weighted by Gasteiger charge is 2.47. The summed E-state index contributed by atoms with van der Waals surface area (Å²) in [6.07, 6.45) is 54.6. The van der Waals surface area contributed by atoms with Crippen LogP contribution in [-0.2, 0) is 23.8 Å². The Hall–Kier alpha value is -2.12. The van der Waals surface area contributed by atoms with Gasteiger partial charge >= 0.3 is 5.97 Å². The molecule has 11 heteroatoms. The second kappa shape index (κ2) is 54.5. The van der Waals surface area contributed by atoms with Gasteiger partial charge in [0.1, 0.15) is 24.4 Å². The molecule has 0 radical (unpaired) electrons. The molecule has 8 atom stereocenters. The number of rotatable bonds is 56. The maximum Gasteiger partial charge on any atom is 0.306 e. The predicted molar refractivity (Wildman–Crippen MR) is 320 cm³/mol. The second-order valence-corrected chi connectivity index (χ2v) is 22.9. The van der Waals surface area contributed by atoms with Gasteiger partial charge in [0.2, 0.25) is 5.91 Å². The number of amides is 1. The van der Waals surface area contributed by atoms with Crippen molar-refractivity contribution in [3.05, 3.63) is 36.5 Å². The Kier molecular flexibility index (Phi) is 51.6. The zero-order valence-electron chi connectivity index (χ0n) is 50.1. The van der Waals surface area contributed by atoms with E-state index in [0.29, 0.717) is 19.3 Å². The second-order valence-electron chi connectivity index (χ2n) is 22.9. The molecule has 0 bridgehead atoms. The van der Waals surface area contributed by atoms with Crippen LogP contribution in [0.15, 0.2) is 36.5 Å². The summed E-state index contributed by atoms with van der Waals surface area (Å²) in [6.45, 7) is 5.80. The summed E-state index contributed by atoms with van der Waals surface area (Å²) in [5.41, 5.74) is 0. The highest BCUT2D eigenvalue weighted by Crippen LogP contribution is 2.26. The lowest BCUT2D eigenvalue weighted by Crippen LogP contribution is -2.61. The van der Waals surface area contributed by atoms with Crippen molar-refractivity contribution in [1.82, 2.24) is 5.32 Å². The van der Waals surface area contributed by atoms with E-state index in [9.17, 15) is 35.1 Å². The summed E-state index contributed by atoms with van der Waals surface area (Å²) in [5, 5.41) is 57.1. The molecule has 452 valence electrons. The number of unbranched alkanes of at least 4 members (excludes halogenated alkanes) is 38. The maximum absolute atomic E-state index is 13.4. The molecule has 1 rings (SSSR count). The smallest absolute Gasteiger partial charge is 0.306 e. The molecular weight excluding hydrogens is 967 g/mol. The molecule has 8 unspecified atom stereocenters. The van der Waals surface area contributed by atoms with E-state index in [2.05, 4.69) is 50.4 Å². The number of carbonyl (C=O) groups is 2. The predicted octanol–water partition coefficient (Wildman–Crippen LogP) is 15.8. The first kappa shape index (κ1) is 72.9. The standard InChI is InChI=1S/C66H123NO10/c1-4-7-10-13-16-19-22-25-27-29-31-32-35-38-41-44-47-50-53-59(70)65(74)67-57(58(69)52-49-46-43-40-37-34-24-21-18-15-12-9-6-3)56-75-66-64(63(73)62(72)60(55-68)76-66)77-61(71)54-51-48-45-42-39-36-33-30-28-26-23-20-17-14-11-8-5-2/h17,20,26,28,49,52,57-60,62-64,66,68-70,72-73H,4-16,18-19,21-25,27,29-48,50-51,53-56H2,1-3H3,(H,67,74)/b20-17-,28-26-,52-49+. The van der Waals surface area contributed by atoms with Crippen LogP contribution in [0, 0.1) is 0 Å². The first-order chi connectivity index (χ1) is 37.7. The molecule has 6 N–H and O–H groups in total. The van der Waals surface area contributed by atoms with E-state index in [4.69, 9.17) is 14.2 Å². The lowest BCUT2D eigenvalue weighted by atomic mass is 9.99. The van der Waals surface area contributed by atoms with E-state index in [1.807, 2.05) is 6.08 Å². The third-order valence-corrected chi connectivity index (χ3v) is 15.5. The van der Waals surface area contributed by atoms with Crippen LogP contribution in [0.25, 0.3) is 0 Å². The lowest BCUT2D eigenvalue weighted by Gasteiger charge is -2.41. The molecule has 11 nitrogen and oxygen atoms in total. The van der Waals surface area contributed by atoms with Gasteiger partial charge in [-0.25, -0.2) is 0 Å². The number of hydrogen-bond acceptors (Lipinski definition) is 10. The van der Waals surface area contributed by atoms with Crippen LogP contribution in [0.4, 0.5) is 0 Å². The normalized spacial score (nSPS) is 19.2. The number of carbonyl (C=O) groups excluding carboxylic acids is 2. The van der Waals surface area contributed by atoms with E-state index >= 15 is 0 Å². The molecule has 0 spiro atoms. The van der Waals surface area contributed by atoms with Crippen LogP contribution in [0.1, 0.15) is 310 Å². The number of aliphatic hydroxyl groups is 5. The Labute approximate surface area is 473 Å². The van der Waals surface area contributed by atoms with Crippen LogP contribution >= 0.6 is 0 Å². The SMILES string of the molecule is CCCCC/C=C\C/C=C\CCCCCCCCCC(=O)OC1C(OCC(NC(=O)C(O)CCCCCCCCCCCCCCCCCCCC)C(O)/C=C/CCCCCCCCCCCCC)OC(CO)C(O)C1O. The minimum absolute atomic E-state index is 0.117. The maximum atomic E-state index is 13.4. The van der Waals surface area contributed by atoms with Crippen LogP contribution < -0.4 is 5.32 Å². The fourth-order valence-corrected chi connectivity index (χ4v) is 10.3. The Morgan fingerprint density at radius 3 is 1.35 bits per heavy atom. The summed E-state index contributed by atoms with van der Waals surface area (Å²) >= 11 is 0. The van der Waals surface area contributed by atoms with Crippen molar-refractivity contribution in [3.63, 3.8) is 0 Å². The monoisotopic (exact) mass is 1090 g/mol. The van der Waals surface area contributed by atoms with Crippen molar-refractivity contribution < 1.29 is 49.3 Å². The highest BCUT2D eigenvalue weighted by atomic mass is 16.7. The third-order valence-electron chi connectivity index (χ3n) is 15.5. The van der Waals surface area contributed by atoms with E-state index in [-0.39, 0.29) is 13.0 Å². The molecule has 1 heterocycles. The number of hydrogen-bond donors (Lipinski definition) is 6. The van der Waals surface area contributed by atoms with Crippen molar-refractivity contribution in [3.8, 4) is 0 Å². The fraction of sp³-hybridized carbons (Fsp3) is 0.879. The summed E-state index contributed by atoms with van der Waals surface area (Å²) < 4.78 is 17.6. The van der Waals surface area contributed by atoms with Gasteiger partial charge in [0.15, 0.2) is 12.4 Å². The van der Waals surface area contributed by atoms with E-state index in [1.165, 1.54) is 186 Å². The average molecular weight is 1090 g/mol. The Morgan fingerprint density at radius 1 is 0.506 bits per heavy atom. The molecule has 1 fully saturated rings. The van der Waals surface area contributed by atoms with E-state index < -0.39 is 67.4 Å². The van der Waals surface area contributed by atoms with Gasteiger partial charge in [-0.1, -0.05) is 282 Å². The molecule has 1 amide bonds. The van der Waals surface area contributed by atoms with Gasteiger partial charge < -0.3 is 45.1 Å². The summed E-state index contributed by atoms with van der Waals surface area (Å²) in [4.78, 5) is 26.6. The van der Waals surface area contributed by atoms with Crippen molar-refractivity contribution in [2.24, 2.45) is 0 Å². The number of ether oxygens (including phenoxy) is 3. The van der Waals surface area contributed by atoms with Gasteiger partial charge in [-0.15, -0.1) is 0 Å². The number of nitrogens with one attached hydrogen (secondary N) is 1. The third kappa shape index (κ3) is 42.4. The van der Waals surface area contributed by atoms with Crippen LogP contribution in [-0.4, -0.2) is 99.6 Å². The average Bonchev–Trinajstić information content (AvgIpc) is 3.43. The molecule has 0 aromatic carbocycles. The molecule has 1 saturated heterocycles. The Morgan fingerprint density at radius 2 is 0.896 bits per heavy atom. The van der Waals surface area contributed by atoms with E-state index in [1.54, 1.807) is 6.08 Å². The van der Waals surface area contributed by atoms with Gasteiger partial charge in [-0.3, -0.25) is 9.59 Å². The largest absolute Gasteiger partial charge is 0.454 e. The minimum Gasteiger partial charge on any atom is -0.454 e. The molecule has 0 aromatic rings. The van der Waals surface area contributed by atoms with Crippen LogP contribution in [0.3, 0.4) is 0 Å². The first-order valence-electron chi connectivity index (χ1n) is 32.8. The number of esters is 1. The van der Waals surface area contributed by atoms with Crippen molar-refractivity contribution in [1.29, 1.82) is 0 Å². The molecule has 0 aliphatic carbocycles. The van der Waals surface area contributed by atoms with Crippen molar-refractivity contribution >= 4 is 11.9 Å². The zero-order chi connectivity index (χ0) is 56.1. The number of allylic oxidation sites excluding steroid dienone is 5. The van der Waals surface area contributed by atoms with E-state index in [0.717, 1.165) is 77.0 Å². The number of aliphatic hydroxyl groups excluding tert-OH is 5. The highest BCUT2D eigenvalue weighted by molar-refractivity contribution is 5.80. The molecule has 0 aromatic heterocycles. The molecule has 77 heavy (non-hydrogen) atoms. The van der Waals surface area contributed by atoms with Gasteiger partial charge in [0.05, 0.1) is 25.4 Å². The van der Waals surface area contributed by atoms with Gasteiger partial charge in [-0.2, -0.15) is 0 Å². The summed E-state index contributed by atoms with van der Waals surface area (Å²) in [7, 11) is 0. The van der Waals surface area contributed by atoms with Gasteiger partial charge in [0, 0.05) is 6.42 Å². The van der Waals surface area contributed by atoms with Crippen LogP contribution in [0.5, 0.6) is 0 Å². The van der Waals surface area contributed by atoms with Gasteiger partial charge in [0.25, 0.3) is 0 Å². The molecule has 1 aliphatic rings. The van der Waals surface area contributed by atoms with Crippen molar-refractivity contribution in [2.75, 3.05) is 13.2 Å². The fourth-order valence-electron chi connectivity index (χ4n) is 10.3. The minimum atomic E-state index is -1.61.